The summed E-state index contributed by atoms with van der Waals surface area (Å²) >= 11 is 0. The normalized spacial score (nSPS) is 11.3. The van der Waals surface area contributed by atoms with E-state index in [1.807, 2.05) is 12.1 Å². The van der Waals surface area contributed by atoms with E-state index in [9.17, 15) is 0 Å². The van der Waals surface area contributed by atoms with E-state index in [1.165, 1.54) is 65.7 Å². The molecule has 0 amide bonds. The first kappa shape index (κ1) is 39.1. The third-order valence-corrected chi connectivity index (χ3v) is 14.4. The Bertz CT molecular complexity index is 2000. The summed E-state index contributed by atoms with van der Waals surface area (Å²) in [7, 11) is 4.71. The van der Waals surface area contributed by atoms with E-state index in [-0.39, 0.29) is 0 Å². The highest BCUT2D eigenvalue weighted by Crippen LogP contribution is 2.49. The van der Waals surface area contributed by atoms with Crippen LogP contribution in [-0.4, -0.2) is 28.4 Å². The quantitative estimate of drug-likeness (QED) is 0.124. The number of hydrogen-bond acceptors (Lipinski definition) is 4. The van der Waals surface area contributed by atoms with E-state index in [0.717, 1.165) is 44.7 Å². The molecule has 0 atom stereocenters. The van der Waals surface area contributed by atoms with Gasteiger partial charge in [-0.05, 0) is 105 Å². The van der Waals surface area contributed by atoms with Crippen molar-refractivity contribution < 1.29 is 18.9 Å². The predicted octanol–water partition coefficient (Wildman–Crippen LogP) is 9.37. The molecule has 0 aliphatic carbocycles. The summed E-state index contributed by atoms with van der Waals surface area (Å²) in [5.74, 6) is 2.94. The number of benzene rings is 6. The van der Waals surface area contributed by atoms with Gasteiger partial charge >= 0.3 is 0 Å². The van der Waals surface area contributed by atoms with Gasteiger partial charge < -0.3 is 18.9 Å². The van der Waals surface area contributed by atoms with Crippen molar-refractivity contribution in [3.05, 3.63) is 142 Å². The molecule has 0 aromatic heterocycles. The van der Waals surface area contributed by atoms with Crippen LogP contribution in [0.1, 0.15) is 44.5 Å². The van der Waals surface area contributed by atoms with Crippen molar-refractivity contribution in [3.63, 3.8) is 0 Å². The largest absolute Gasteiger partial charge is 0.497 e. The molecule has 0 N–H and O–H groups in total. The molecular formula is C48H52O4P2. The summed E-state index contributed by atoms with van der Waals surface area (Å²) < 4.78 is 25.0. The fourth-order valence-corrected chi connectivity index (χ4v) is 13.5. The zero-order valence-electron chi connectivity index (χ0n) is 33.8. The molecule has 6 heteroatoms. The van der Waals surface area contributed by atoms with Crippen LogP contribution >= 0.6 is 15.8 Å². The van der Waals surface area contributed by atoms with Gasteiger partial charge in [0.05, 0.1) is 28.4 Å². The van der Waals surface area contributed by atoms with Crippen LogP contribution in [0.3, 0.4) is 0 Å². The average Bonchev–Trinajstić information content (AvgIpc) is 3.09. The molecule has 4 nitrogen and oxygen atoms in total. The van der Waals surface area contributed by atoms with Gasteiger partial charge in [-0.15, -0.1) is 0 Å². The molecule has 0 radical (unpaired) electrons. The first-order chi connectivity index (χ1) is 25.8. The Morgan fingerprint density at radius 2 is 0.537 bits per heavy atom. The molecule has 0 unspecified atom stereocenters. The molecule has 6 aromatic carbocycles. The summed E-state index contributed by atoms with van der Waals surface area (Å²) in [5, 5.41) is 7.34. The van der Waals surface area contributed by atoms with Gasteiger partial charge in [-0.25, -0.2) is 0 Å². The number of rotatable bonds is 11. The van der Waals surface area contributed by atoms with Gasteiger partial charge in [-0.1, -0.05) is 117 Å². The summed E-state index contributed by atoms with van der Waals surface area (Å²) in [6.45, 7) is 17.5. The third kappa shape index (κ3) is 8.22. The highest BCUT2D eigenvalue weighted by molar-refractivity contribution is 7.80. The van der Waals surface area contributed by atoms with Crippen LogP contribution in [-0.2, 0) is 0 Å². The number of methoxy groups -OCH3 is 4. The third-order valence-electron chi connectivity index (χ3n) is 9.61. The van der Waals surface area contributed by atoms with E-state index >= 15 is 0 Å². The van der Waals surface area contributed by atoms with E-state index in [2.05, 4.69) is 140 Å². The van der Waals surface area contributed by atoms with Crippen molar-refractivity contribution in [2.75, 3.05) is 28.4 Å². The van der Waals surface area contributed by atoms with E-state index in [4.69, 9.17) is 18.9 Å². The van der Waals surface area contributed by atoms with E-state index in [0.29, 0.717) is 0 Å². The second-order valence-electron chi connectivity index (χ2n) is 14.5. The van der Waals surface area contributed by atoms with Crippen LogP contribution in [0, 0.1) is 55.4 Å². The lowest BCUT2D eigenvalue weighted by molar-refractivity contribution is 0.392. The summed E-state index contributed by atoms with van der Waals surface area (Å²) in [6.07, 6.45) is 0. The second kappa shape index (κ2) is 16.4. The van der Waals surface area contributed by atoms with Crippen LogP contribution in [0.25, 0.3) is 11.1 Å². The number of hydrogen-bond donors (Lipinski definition) is 0. The van der Waals surface area contributed by atoms with Crippen molar-refractivity contribution in [3.8, 4) is 34.1 Å². The lowest BCUT2D eigenvalue weighted by Crippen LogP contribution is -2.27. The number of aryl methyl sites for hydroxylation is 8. The van der Waals surface area contributed by atoms with Crippen molar-refractivity contribution in [1.82, 2.24) is 0 Å². The van der Waals surface area contributed by atoms with Gasteiger partial charge in [0.15, 0.2) is 0 Å². The Morgan fingerprint density at radius 3 is 0.741 bits per heavy atom. The molecule has 0 spiro atoms. The van der Waals surface area contributed by atoms with Crippen molar-refractivity contribution in [2.24, 2.45) is 0 Å². The monoisotopic (exact) mass is 754 g/mol. The Kier molecular flexibility index (Phi) is 11.9. The Morgan fingerprint density at radius 1 is 0.296 bits per heavy atom. The molecule has 278 valence electrons. The summed E-state index contributed by atoms with van der Waals surface area (Å²) in [6, 6.07) is 36.2. The molecule has 0 aliphatic rings. The van der Waals surface area contributed by atoms with Crippen LogP contribution < -0.4 is 50.8 Å². The lowest BCUT2D eigenvalue weighted by Gasteiger charge is -2.30. The zero-order chi connectivity index (χ0) is 38.8. The zero-order valence-corrected chi connectivity index (χ0v) is 35.6. The minimum absolute atomic E-state index is 0.728. The van der Waals surface area contributed by atoms with Gasteiger partial charge in [-0.2, -0.15) is 0 Å². The van der Waals surface area contributed by atoms with E-state index in [1.54, 1.807) is 28.4 Å². The maximum absolute atomic E-state index is 6.43. The minimum Gasteiger partial charge on any atom is -0.497 e. The van der Waals surface area contributed by atoms with Crippen molar-refractivity contribution in [1.29, 1.82) is 0 Å². The van der Waals surface area contributed by atoms with Gasteiger partial charge in [-0.3, -0.25) is 0 Å². The second-order valence-corrected chi connectivity index (χ2v) is 18.9. The van der Waals surface area contributed by atoms with Crippen LogP contribution in [0.2, 0.25) is 0 Å². The fraction of sp³-hybridized carbons (Fsp3) is 0.250. The molecular weight excluding hydrogens is 702 g/mol. The minimum atomic E-state index is -1.13. The van der Waals surface area contributed by atoms with Crippen molar-refractivity contribution >= 4 is 47.7 Å². The molecule has 0 aliphatic heterocycles. The first-order valence-electron chi connectivity index (χ1n) is 18.3. The van der Waals surface area contributed by atoms with Gasteiger partial charge in [0.25, 0.3) is 0 Å². The topological polar surface area (TPSA) is 36.9 Å². The maximum atomic E-state index is 6.43. The van der Waals surface area contributed by atoms with Gasteiger partial charge in [0.2, 0.25) is 0 Å². The molecule has 0 saturated heterocycles. The predicted molar refractivity (Wildman–Crippen MR) is 233 cm³/mol. The van der Waals surface area contributed by atoms with Gasteiger partial charge in [0, 0.05) is 33.9 Å². The highest BCUT2D eigenvalue weighted by Gasteiger charge is 2.32. The fourth-order valence-electron chi connectivity index (χ4n) is 7.74. The summed E-state index contributed by atoms with van der Waals surface area (Å²) in [5.41, 5.74) is 11.8. The smallest absolute Gasteiger partial charge is 0.131 e. The molecule has 6 rings (SSSR count). The lowest BCUT2D eigenvalue weighted by atomic mass is 10.0. The molecule has 54 heavy (non-hydrogen) atoms. The SMILES string of the molecule is COc1cc(OC)c(-c2c(OC)cc(OC)cc2P(c2cc(C)cc(C)c2)c2cc(C)cc(C)c2)c(P(c2cc(C)cc(C)c2)c2cc(C)cc(C)c2)c1. The first-order valence-corrected chi connectivity index (χ1v) is 21.0. The average molecular weight is 755 g/mol. The molecule has 0 saturated carbocycles. The summed E-state index contributed by atoms with van der Waals surface area (Å²) in [4.78, 5) is 0. The van der Waals surface area contributed by atoms with Crippen LogP contribution in [0.4, 0.5) is 0 Å². The molecule has 0 heterocycles. The highest BCUT2D eigenvalue weighted by atomic mass is 31.1. The van der Waals surface area contributed by atoms with Crippen LogP contribution in [0.5, 0.6) is 23.0 Å². The Hall–Kier alpha value is -4.62. The number of ether oxygens (including phenoxy) is 4. The van der Waals surface area contributed by atoms with Crippen molar-refractivity contribution in [2.45, 2.75) is 55.4 Å². The van der Waals surface area contributed by atoms with Gasteiger partial charge in [0.1, 0.15) is 23.0 Å². The Labute approximate surface area is 325 Å². The maximum Gasteiger partial charge on any atom is 0.131 e. The molecule has 6 aromatic rings. The van der Waals surface area contributed by atoms with E-state index < -0.39 is 15.8 Å². The molecule has 0 bridgehead atoms. The standard InChI is InChI=1S/C48H52O4P2/c1-29-13-30(2)18-39(17-29)53(40-19-31(3)14-32(4)20-40)45-27-37(49-9)25-43(51-11)47(45)48-44(52-12)26-38(50-10)28-46(48)54(41-21-33(5)15-34(6)22-41)42-23-35(7)16-36(8)24-42/h13-28H,1-12H3. The van der Waals surface area contributed by atoms with Crippen LogP contribution in [0.15, 0.2) is 97.1 Å². The molecule has 0 fully saturated rings. The Balaban J connectivity index is 1.83.